The third-order valence-electron chi connectivity index (χ3n) is 3.19. The molecule has 94 valence electrons. The SMILES string of the molecule is O=C1CCC2(C=C1Nc1ccccc1)OCCO2. The first-order valence-electron chi connectivity index (χ1n) is 6.13. The van der Waals surface area contributed by atoms with Gasteiger partial charge in [-0.3, -0.25) is 4.79 Å². The van der Waals surface area contributed by atoms with Crippen molar-refractivity contribution in [2.24, 2.45) is 0 Å². The number of carbonyl (C=O) groups excluding carboxylic acids is 1. The lowest BCUT2D eigenvalue weighted by Gasteiger charge is -2.28. The van der Waals surface area contributed by atoms with Gasteiger partial charge in [0.15, 0.2) is 11.6 Å². The van der Waals surface area contributed by atoms with Crippen LogP contribution in [0.15, 0.2) is 42.1 Å². The van der Waals surface area contributed by atoms with E-state index in [1.54, 1.807) is 6.08 Å². The minimum absolute atomic E-state index is 0.101. The van der Waals surface area contributed by atoms with Gasteiger partial charge in [0.2, 0.25) is 0 Å². The van der Waals surface area contributed by atoms with E-state index in [0.717, 1.165) is 5.69 Å². The molecule has 0 atom stereocenters. The molecule has 1 heterocycles. The molecule has 0 bridgehead atoms. The van der Waals surface area contributed by atoms with Gasteiger partial charge in [-0.1, -0.05) is 18.2 Å². The molecule has 1 N–H and O–H groups in total. The second-order valence-electron chi connectivity index (χ2n) is 4.48. The average molecular weight is 245 g/mol. The van der Waals surface area contributed by atoms with Crippen molar-refractivity contribution in [2.45, 2.75) is 18.6 Å². The monoisotopic (exact) mass is 245 g/mol. The zero-order chi connectivity index (χ0) is 12.4. The Morgan fingerprint density at radius 2 is 1.83 bits per heavy atom. The Hall–Kier alpha value is -1.65. The summed E-state index contributed by atoms with van der Waals surface area (Å²) >= 11 is 0. The number of benzene rings is 1. The van der Waals surface area contributed by atoms with Crippen LogP contribution in [0.1, 0.15) is 12.8 Å². The van der Waals surface area contributed by atoms with Crippen molar-refractivity contribution in [3.8, 4) is 0 Å². The molecular formula is C14H15NO3. The van der Waals surface area contributed by atoms with Crippen molar-refractivity contribution >= 4 is 11.5 Å². The van der Waals surface area contributed by atoms with Crippen LogP contribution < -0.4 is 5.32 Å². The van der Waals surface area contributed by atoms with Gasteiger partial charge < -0.3 is 14.8 Å². The van der Waals surface area contributed by atoms with Crippen molar-refractivity contribution in [1.82, 2.24) is 0 Å². The van der Waals surface area contributed by atoms with E-state index in [1.807, 2.05) is 30.3 Å². The van der Waals surface area contributed by atoms with Crippen molar-refractivity contribution in [2.75, 3.05) is 18.5 Å². The third-order valence-corrected chi connectivity index (χ3v) is 3.19. The molecule has 1 saturated heterocycles. The van der Waals surface area contributed by atoms with Gasteiger partial charge in [0, 0.05) is 24.6 Å². The maximum Gasteiger partial charge on any atom is 0.190 e. The van der Waals surface area contributed by atoms with E-state index in [0.29, 0.717) is 31.8 Å². The summed E-state index contributed by atoms with van der Waals surface area (Å²) in [5.74, 6) is -0.589. The number of hydrogen-bond acceptors (Lipinski definition) is 4. The lowest BCUT2D eigenvalue weighted by atomic mass is 9.97. The van der Waals surface area contributed by atoms with Crippen molar-refractivity contribution in [3.05, 3.63) is 42.1 Å². The first-order chi connectivity index (χ1) is 8.77. The van der Waals surface area contributed by atoms with Crippen molar-refractivity contribution in [3.63, 3.8) is 0 Å². The lowest BCUT2D eigenvalue weighted by molar-refractivity contribution is -0.137. The van der Waals surface area contributed by atoms with Gasteiger partial charge in [-0.15, -0.1) is 0 Å². The van der Waals surface area contributed by atoms with Crippen LogP contribution in [-0.2, 0) is 14.3 Å². The van der Waals surface area contributed by atoms with Gasteiger partial charge in [-0.05, 0) is 12.1 Å². The fourth-order valence-corrected chi connectivity index (χ4v) is 2.28. The van der Waals surface area contributed by atoms with Gasteiger partial charge in [0.05, 0.1) is 18.9 Å². The molecule has 0 unspecified atom stereocenters. The summed E-state index contributed by atoms with van der Waals surface area (Å²) in [6.45, 7) is 1.17. The minimum Gasteiger partial charge on any atom is -0.353 e. The van der Waals surface area contributed by atoms with Crippen LogP contribution in [0.25, 0.3) is 0 Å². The number of allylic oxidation sites excluding steroid dienone is 1. The van der Waals surface area contributed by atoms with E-state index >= 15 is 0 Å². The molecule has 1 aliphatic carbocycles. The average Bonchev–Trinajstić information content (AvgIpc) is 2.84. The summed E-state index contributed by atoms with van der Waals surface area (Å²) in [7, 11) is 0. The molecule has 1 aromatic rings. The maximum atomic E-state index is 11.9. The predicted molar refractivity (Wildman–Crippen MR) is 67.0 cm³/mol. The summed E-state index contributed by atoms with van der Waals surface area (Å²) in [6, 6.07) is 9.63. The molecule has 1 fully saturated rings. The summed E-state index contributed by atoms with van der Waals surface area (Å²) in [5, 5.41) is 3.13. The number of para-hydroxylation sites is 1. The standard InChI is InChI=1S/C14H15NO3/c16-13-6-7-14(17-8-9-18-14)10-12(13)15-11-4-2-1-3-5-11/h1-5,10,15H,6-9H2. The van der Waals surface area contributed by atoms with Crippen LogP contribution >= 0.6 is 0 Å². The van der Waals surface area contributed by atoms with Crippen LogP contribution in [-0.4, -0.2) is 24.8 Å². The maximum absolute atomic E-state index is 11.9. The van der Waals surface area contributed by atoms with E-state index in [1.165, 1.54) is 0 Å². The molecule has 1 aliphatic heterocycles. The largest absolute Gasteiger partial charge is 0.353 e. The normalized spacial score (nSPS) is 22.0. The summed E-state index contributed by atoms with van der Waals surface area (Å²) in [5.41, 5.74) is 1.46. The van der Waals surface area contributed by atoms with Crippen molar-refractivity contribution in [1.29, 1.82) is 0 Å². The fourth-order valence-electron chi connectivity index (χ4n) is 2.28. The van der Waals surface area contributed by atoms with Gasteiger partial charge in [0.1, 0.15) is 0 Å². The van der Waals surface area contributed by atoms with Crippen LogP contribution in [0.3, 0.4) is 0 Å². The highest BCUT2D eigenvalue weighted by Crippen LogP contribution is 2.32. The Morgan fingerprint density at radius 1 is 1.11 bits per heavy atom. The van der Waals surface area contributed by atoms with Crippen LogP contribution in [0.4, 0.5) is 5.69 Å². The molecule has 3 rings (SSSR count). The molecule has 0 saturated carbocycles. The van der Waals surface area contributed by atoms with Crippen molar-refractivity contribution < 1.29 is 14.3 Å². The van der Waals surface area contributed by atoms with Crippen LogP contribution in [0.2, 0.25) is 0 Å². The minimum atomic E-state index is -0.689. The first-order valence-corrected chi connectivity index (χ1v) is 6.13. The topological polar surface area (TPSA) is 47.6 Å². The Bertz CT molecular complexity index is 475. The number of carbonyl (C=O) groups is 1. The van der Waals surface area contributed by atoms with Gasteiger partial charge in [-0.25, -0.2) is 0 Å². The highest BCUT2D eigenvalue weighted by atomic mass is 16.7. The van der Waals surface area contributed by atoms with E-state index < -0.39 is 5.79 Å². The molecule has 0 radical (unpaired) electrons. The summed E-state index contributed by atoms with van der Waals surface area (Å²) < 4.78 is 11.2. The van der Waals surface area contributed by atoms with E-state index in [4.69, 9.17) is 9.47 Å². The number of hydrogen-bond donors (Lipinski definition) is 1. The second kappa shape index (κ2) is 4.55. The Balaban J connectivity index is 1.84. The van der Waals surface area contributed by atoms with Crippen LogP contribution in [0, 0.1) is 0 Å². The Labute approximate surface area is 106 Å². The highest BCUT2D eigenvalue weighted by molar-refractivity contribution is 5.99. The fraction of sp³-hybridized carbons (Fsp3) is 0.357. The highest BCUT2D eigenvalue weighted by Gasteiger charge is 2.39. The van der Waals surface area contributed by atoms with E-state index in [-0.39, 0.29) is 5.78 Å². The molecule has 0 aromatic heterocycles. The summed E-state index contributed by atoms with van der Waals surface area (Å²) in [4.78, 5) is 11.9. The Morgan fingerprint density at radius 3 is 2.56 bits per heavy atom. The number of nitrogens with one attached hydrogen (secondary N) is 1. The molecule has 1 spiro atoms. The molecule has 0 amide bonds. The zero-order valence-corrected chi connectivity index (χ0v) is 10.0. The first kappa shape index (κ1) is 11.4. The number of rotatable bonds is 2. The number of ketones is 1. The molecular weight excluding hydrogens is 230 g/mol. The quantitative estimate of drug-likeness (QED) is 0.866. The third kappa shape index (κ3) is 2.17. The second-order valence-corrected chi connectivity index (χ2v) is 4.48. The number of Topliss-reactive ketones (excluding diaryl/α,β-unsaturated/α-hetero) is 1. The van der Waals surface area contributed by atoms with Gasteiger partial charge in [0.25, 0.3) is 0 Å². The molecule has 4 heteroatoms. The van der Waals surface area contributed by atoms with Gasteiger partial charge in [-0.2, -0.15) is 0 Å². The number of ether oxygens (including phenoxy) is 2. The zero-order valence-electron chi connectivity index (χ0n) is 10.0. The van der Waals surface area contributed by atoms with E-state index in [2.05, 4.69) is 5.32 Å². The predicted octanol–water partition coefficient (Wildman–Crippen LogP) is 2.09. The Kier molecular flexibility index (Phi) is 2.89. The molecule has 18 heavy (non-hydrogen) atoms. The van der Waals surface area contributed by atoms with Crippen LogP contribution in [0.5, 0.6) is 0 Å². The lowest BCUT2D eigenvalue weighted by Crippen LogP contribution is -2.34. The molecule has 2 aliphatic rings. The van der Waals surface area contributed by atoms with E-state index in [9.17, 15) is 4.79 Å². The number of anilines is 1. The van der Waals surface area contributed by atoms with Gasteiger partial charge >= 0.3 is 0 Å². The summed E-state index contributed by atoms with van der Waals surface area (Å²) in [6.07, 6.45) is 2.83. The molecule has 1 aromatic carbocycles. The smallest absolute Gasteiger partial charge is 0.190 e. The molecule has 4 nitrogen and oxygen atoms in total.